The highest BCUT2D eigenvalue weighted by Crippen LogP contribution is 2.27. The van der Waals surface area contributed by atoms with E-state index in [4.69, 9.17) is 29.5 Å². The summed E-state index contributed by atoms with van der Waals surface area (Å²) in [7, 11) is 0. The summed E-state index contributed by atoms with van der Waals surface area (Å²) in [6.45, 7) is 7.30. The molecule has 5 N–H and O–H groups in total. The van der Waals surface area contributed by atoms with Crippen LogP contribution in [0.1, 0.15) is 47.0 Å². The molecule has 0 spiro atoms. The molecule has 1 saturated heterocycles. The van der Waals surface area contributed by atoms with Crippen LogP contribution in [0.15, 0.2) is 0 Å². The van der Waals surface area contributed by atoms with Gasteiger partial charge in [0.25, 0.3) is 0 Å². The van der Waals surface area contributed by atoms with E-state index in [9.17, 15) is 19.2 Å². The van der Waals surface area contributed by atoms with Crippen molar-refractivity contribution in [3.63, 3.8) is 0 Å². The van der Waals surface area contributed by atoms with E-state index in [1.165, 1.54) is 27.7 Å². The highest BCUT2D eigenvalue weighted by Gasteiger charge is 2.51. The minimum Gasteiger partial charge on any atom is -0.463 e. The molecular weight excluding hydrogens is 452 g/mol. The topological polar surface area (TPSA) is 177 Å². The van der Waals surface area contributed by atoms with Gasteiger partial charge in [0, 0.05) is 34.2 Å². The van der Waals surface area contributed by atoms with Crippen LogP contribution in [-0.2, 0) is 43.0 Å². The van der Waals surface area contributed by atoms with Crippen molar-refractivity contribution in [2.45, 2.75) is 77.6 Å². The highest BCUT2D eigenvalue weighted by atomic mass is 16.8. The van der Waals surface area contributed by atoms with E-state index >= 15 is 0 Å². The molecule has 34 heavy (non-hydrogen) atoms. The van der Waals surface area contributed by atoms with Crippen LogP contribution >= 0.6 is 0 Å². The number of amides is 1. The van der Waals surface area contributed by atoms with Gasteiger partial charge in [-0.1, -0.05) is 0 Å². The summed E-state index contributed by atoms with van der Waals surface area (Å²) in [4.78, 5) is 52.4. The summed E-state index contributed by atoms with van der Waals surface area (Å²) in [5, 5.41) is 5.92. The predicted octanol–water partition coefficient (Wildman–Crippen LogP) is -1.12. The Balaban J connectivity index is 2.89. The van der Waals surface area contributed by atoms with Crippen molar-refractivity contribution in [1.29, 1.82) is 0 Å². The third-order valence-corrected chi connectivity index (χ3v) is 4.71. The van der Waals surface area contributed by atoms with E-state index in [1.807, 2.05) is 0 Å². The van der Waals surface area contributed by atoms with Gasteiger partial charge in [-0.2, -0.15) is 5.48 Å². The van der Waals surface area contributed by atoms with Gasteiger partial charge >= 0.3 is 17.9 Å². The second-order valence-electron chi connectivity index (χ2n) is 7.83. The summed E-state index contributed by atoms with van der Waals surface area (Å²) in [5.41, 5.74) is 8.25. The van der Waals surface area contributed by atoms with Gasteiger partial charge in [-0.05, 0) is 38.9 Å². The number of ether oxygens (including phenoxy) is 4. The quantitative estimate of drug-likeness (QED) is 0.0943. The van der Waals surface area contributed by atoms with Crippen LogP contribution in [0.4, 0.5) is 0 Å². The molecule has 0 aromatic rings. The Kier molecular flexibility index (Phi) is 14.3. The number of rotatable bonds is 15. The second-order valence-corrected chi connectivity index (χ2v) is 7.83. The number of hydrogen-bond acceptors (Lipinski definition) is 12. The molecule has 1 amide bonds. The Bertz CT molecular complexity index is 664. The fourth-order valence-corrected chi connectivity index (χ4v) is 3.34. The molecule has 196 valence electrons. The largest absolute Gasteiger partial charge is 0.463 e. The lowest BCUT2D eigenvalue weighted by Gasteiger charge is -2.44. The predicted molar refractivity (Wildman–Crippen MR) is 119 cm³/mol. The zero-order chi connectivity index (χ0) is 25.5. The van der Waals surface area contributed by atoms with Gasteiger partial charge < -0.3 is 35.3 Å². The summed E-state index contributed by atoms with van der Waals surface area (Å²) < 4.78 is 21.6. The first-order valence-electron chi connectivity index (χ1n) is 11.3. The first-order chi connectivity index (χ1) is 16.1. The Labute approximate surface area is 199 Å². The molecule has 1 aliphatic heterocycles. The lowest BCUT2D eigenvalue weighted by molar-refractivity contribution is -0.292. The molecule has 0 radical (unpaired) electrons. The minimum absolute atomic E-state index is 0.287. The lowest BCUT2D eigenvalue weighted by Crippen LogP contribution is -2.67. The normalized spacial score (nSPS) is 24.2. The Morgan fingerprint density at radius 3 is 2.09 bits per heavy atom. The van der Waals surface area contributed by atoms with Crippen LogP contribution < -0.4 is 21.8 Å². The van der Waals surface area contributed by atoms with Crippen molar-refractivity contribution in [1.82, 2.24) is 16.1 Å². The van der Waals surface area contributed by atoms with Gasteiger partial charge in [-0.3, -0.25) is 24.0 Å². The third kappa shape index (κ3) is 11.7. The van der Waals surface area contributed by atoms with E-state index in [0.717, 1.165) is 32.4 Å². The first kappa shape index (κ1) is 29.7. The van der Waals surface area contributed by atoms with Crippen LogP contribution in [0.25, 0.3) is 0 Å². The molecular formula is C21H38N4O9. The summed E-state index contributed by atoms with van der Waals surface area (Å²) >= 11 is 0. The van der Waals surface area contributed by atoms with Crippen LogP contribution in [0.3, 0.4) is 0 Å². The van der Waals surface area contributed by atoms with Crippen molar-refractivity contribution >= 4 is 23.8 Å². The molecule has 0 saturated carbocycles. The Morgan fingerprint density at radius 2 is 1.50 bits per heavy atom. The molecule has 3 unspecified atom stereocenters. The van der Waals surface area contributed by atoms with E-state index in [2.05, 4.69) is 16.1 Å². The summed E-state index contributed by atoms with van der Waals surface area (Å²) in [5.74, 6) is -2.36. The van der Waals surface area contributed by atoms with E-state index in [1.54, 1.807) is 0 Å². The minimum atomic E-state index is -1.16. The molecule has 5 atom stereocenters. The van der Waals surface area contributed by atoms with E-state index in [0.29, 0.717) is 13.1 Å². The average molecular weight is 491 g/mol. The molecule has 1 fully saturated rings. The number of nitrogens with two attached hydrogens (primary N) is 1. The van der Waals surface area contributed by atoms with E-state index < -0.39 is 54.5 Å². The monoisotopic (exact) mass is 490 g/mol. The maximum Gasteiger partial charge on any atom is 0.303 e. The second kappa shape index (κ2) is 16.3. The number of carbonyl (C=O) groups excluding carboxylic acids is 4. The highest BCUT2D eigenvalue weighted by molar-refractivity contribution is 5.73. The average Bonchev–Trinajstić information content (AvgIpc) is 2.74. The number of esters is 3. The molecule has 1 heterocycles. The Hall–Kier alpha value is -2.32. The molecule has 13 heteroatoms. The lowest BCUT2D eigenvalue weighted by atomic mass is 9.96. The molecule has 1 aliphatic rings. The van der Waals surface area contributed by atoms with Crippen LogP contribution in [0.5, 0.6) is 0 Å². The van der Waals surface area contributed by atoms with Gasteiger partial charge in [-0.25, -0.2) is 0 Å². The Morgan fingerprint density at radius 1 is 0.853 bits per heavy atom. The van der Waals surface area contributed by atoms with Crippen molar-refractivity contribution in [3.05, 3.63) is 0 Å². The smallest absolute Gasteiger partial charge is 0.303 e. The summed E-state index contributed by atoms with van der Waals surface area (Å²) in [6.07, 6.45) is -1.77. The van der Waals surface area contributed by atoms with Crippen molar-refractivity contribution in [2.75, 3.05) is 32.8 Å². The van der Waals surface area contributed by atoms with Crippen molar-refractivity contribution in [2.24, 2.45) is 5.73 Å². The molecule has 0 aliphatic carbocycles. The maximum absolute atomic E-state index is 11.9. The number of carbonyl (C=O) groups is 4. The van der Waals surface area contributed by atoms with Gasteiger partial charge in [0.2, 0.25) is 12.2 Å². The van der Waals surface area contributed by atoms with Crippen molar-refractivity contribution < 1.29 is 43.0 Å². The zero-order valence-electron chi connectivity index (χ0n) is 20.3. The van der Waals surface area contributed by atoms with Gasteiger partial charge in [0.1, 0.15) is 18.8 Å². The van der Waals surface area contributed by atoms with Gasteiger partial charge in [-0.15, -0.1) is 0 Å². The van der Waals surface area contributed by atoms with Gasteiger partial charge in [0.05, 0.1) is 0 Å². The molecule has 1 rings (SSSR count). The zero-order valence-corrected chi connectivity index (χ0v) is 20.3. The maximum atomic E-state index is 11.9. The molecule has 0 aromatic carbocycles. The van der Waals surface area contributed by atoms with Crippen LogP contribution in [0.2, 0.25) is 0 Å². The molecule has 0 aromatic heterocycles. The van der Waals surface area contributed by atoms with Crippen LogP contribution in [0, 0.1) is 0 Å². The van der Waals surface area contributed by atoms with E-state index in [-0.39, 0.29) is 6.61 Å². The summed E-state index contributed by atoms with van der Waals surface area (Å²) in [6, 6.07) is -1.01. The van der Waals surface area contributed by atoms with Gasteiger partial charge in [0.15, 0.2) is 12.2 Å². The molecule has 0 bridgehead atoms. The van der Waals surface area contributed by atoms with Crippen LogP contribution in [-0.4, -0.2) is 87.2 Å². The first-order valence-corrected chi connectivity index (χ1v) is 11.3. The number of hydroxylamine groups is 1. The number of nitrogens with one attached hydrogen (secondary N) is 3. The number of unbranched alkanes of at least 4 members (excludes halogenated alkanes) is 1. The SMILES string of the molecule is CC(=O)NC1C(OC(C)=O)[C@@H](OC(C)=O)C(COC(C)=O)O[C@H]1ONCCCNCCCCN. The molecule has 13 nitrogen and oxygen atoms in total. The van der Waals surface area contributed by atoms with Crippen molar-refractivity contribution in [3.8, 4) is 0 Å². The fourth-order valence-electron chi connectivity index (χ4n) is 3.34. The third-order valence-electron chi connectivity index (χ3n) is 4.71. The fraction of sp³-hybridized carbons (Fsp3) is 0.810. The number of hydrogen-bond donors (Lipinski definition) is 4. The standard InChI is InChI=1S/C21H38N4O9/c1-13(26)25-18-20(32-16(4)29)19(31-15(3)28)17(12-30-14(2)27)33-21(18)34-24-11-7-10-23-9-6-5-8-22/h17-21,23-24H,5-12,22H2,1-4H3,(H,25,26)/t17?,18?,19-,20?,21-/m0/s1.